The number of pyridine rings is 1. The largest absolute Gasteiger partial charge is 0.486 e. The van der Waals surface area contributed by atoms with Crippen LogP contribution in [0.3, 0.4) is 0 Å². The van der Waals surface area contributed by atoms with Crippen LogP contribution in [-0.2, 0) is 11.3 Å². The molecule has 150 valence electrons. The Morgan fingerprint density at radius 1 is 1.21 bits per heavy atom. The number of aromatic nitrogens is 1. The first-order chi connectivity index (χ1) is 13.4. The monoisotopic (exact) mass is 414 g/mol. The van der Waals surface area contributed by atoms with Crippen LogP contribution < -0.4 is 19.5 Å². The zero-order valence-electron chi connectivity index (χ0n) is 14.6. The first-order valence-corrected chi connectivity index (χ1v) is 9.32. The summed E-state index contributed by atoms with van der Waals surface area (Å²) in [6.45, 7) is -0.442. The van der Waals surface area contributed by atoms with E-state index >= 15 is 0 Å². The molecule has 0 fully saturated rings. The van der Waals surface area contributed by atoms with Gasteiger partial charge in [0.15, 0.2) is 18.1 Å². The minimum absolute atomic E-state index is 0.0154. The topological polar surface area (TPSA) is 69.7 Å². The van der Waals surface area contributed by atoms with Crippen LogP contribution in [0.15, 0.2) is 41.4 Å². The van der Waals surface area contributed by atoms with Crippen molar-refractivity contribution in [2.75, 3.05) is 25.6 Å². The van der Waals surface area contributed by atoms with Crippen molar-refractivity contribution in [1.82, 2.24) is 10.3 Å². The fraction of sp³-hybridized carbons (Fsp3) is 0.333. The summed E-state index contributed by atoms with van der Waals surface area (Å²) in [4.78, 5) is 16.7. The van der Waals surface area contributed by atoms with E-state index in [9.17, 15) is 18.0 Å². The number of amides is 1. The number of carbonyl (C=O) groups is 1. The second-order valence-corrected chi connectivity index (χ2v) is 6.79. The maximum Gasteiger partial charge on any atom is 0.422 e. The first-order valence-electron chi connectivity index (χ1n) is 8.33. The Bertz CT molecular complexity index is 833. The smallest absolute Gasteiger partial charge is 0.422 e. The molecule has 1 amide bonds. The second-order valence-electron chi connectivity index (χ2n) is 5.74. The summed E-state index contributed by atoms with van der Waals surface area (Å²) in [5.74, 6) is 1.02. The number of benzene rings is 1. The number of nitrogens with one attached hydrogen (secondary N) is 1. The van der Waals surface area contributed by atoms with Crippen molar-refractivity contribution in [3.8, 4) is 17.4 Å². The van der Waals surface area contributed by atoms with Gasteiger partial charge in [-0.1, -0.05) is 6.07 Å². The maximum atomic E-state index is 12.3. The van der Waals surface area contributed by atoms with Crippen molar-refractivity contribution in [3.63, 3.8) is 0 Å². The molecule has 0 radical (unpaired) electrons. The van der Waals surface area contributed by atoms with Crippen LogP contribution in [-0.4, -0.2) is 42.6 Å². The van der Waals surface area contributed by atoms with Gasteiger partial charge in [0.25, 0.3) is 0 Å². The van der Waals surface area contributed by atoms with Crippen molar-refractivity contribution in [3.05, 3.63) is 42.1 Å². The number of rotatable bonds is 7. The summed E-state index contributed by atoms with van der Waals surface area (Å²) >= 11 is 1.31. The van der Waals surface area contributed by atoms with Gasteiger partial charge in [0.2, 0.25) is 11.8 Å². The molecule has 1 aliphatic rings. The van der Waals surface area contributed by atoms with Crippen molar-refractivity contribution >= 4 is 17.7 Å². The van der Waals surface area contributed by atoms with E-state index in [2.05, 4.69) is 10.3 Å². The summed E-state index contributed by atoms with van der Waals surface area (Å²) in [7, 11) is 0. The van der Waals surface area contributed by atoms with E-state index in [-0.39, 0.29) is 24.1 Å². The summed E-state index contributed by atoms with van der Waals surface area (Å²) < 4.78 is 52.6. The van der Waals surface area contributed by atoms with Gasteiger partial charge in [-0.2, -0.15) is 13.2 Å². The van der Waals surface area contributed by atoms with Crippen LogP contribution in [0.4, 0.5) is 13.2 Å². The van der Waals surface area contributed by atoms with Crippen LogP contribution in [0.25, 0.3) is 0 Å². The molecule has 2 heterocycles. The highest BCUT2D eigenvalue weighted by molar-refractivity contribution is 8.00. The number of hydrogen-bond acceptors (Lipinski definition) is 6. The van der Waals surface area contributed by atoms with Gasteiger partial charge in [-0.05, 0) is 24.3 Å². The molecular formula is C18H17F3N2O4S. The standard InChI is InChI=1S/C18H17F3N2O4S/c19-18(20,21)11-27-17-12(2-1-5-22-17)9-23-16(24)10-28-13-3-4-14-15(8-13)26-7-6-25-14/h1-5,8H,6-7,9-11H2,(H,23,24). The van der Waals surface area contributed by atoms with Gasteiger partial charge < -0.3 is 19.5 Å². The molecule has 0 atom stereocenters. The lowest BCUT2D eigenvalue weighted by atomic mass is 10.2. The van der Waals surface area contributed by atoms with E-state index < -0.39 is 12.8 Å². The number of fused-ring (bicyclic) bond motifs is 1. The predicted molar refractivity (Wildman–Crippen MR) is 95.8 cm³/mol. The highest BCUT2D eigenvalue weighted by atomic mass is 32.2. The lowest BCUT2D eigenvalue weighted by Crippen LogP contribution is -2.25. The average Bonchev–Trinajstić information content (AvgIpc) is 2.69. The molecule has 2 aromatic rings. The fourth-order valence-electron chi connectivity index (χ4n) is 2.35. The zero-order valence-corrected chi connectivity index (χ0v) is 15.4. The molecule has 6 nitrogen and oxygen atoms in total. The SMILES string of the molecule is O=C(CSc1ccc2c(c1)OCCO2)NCc1cccnc1OCC(F)(F)F. The molecule has 3 rings (SSSR count). The quantitative estimate of drug-likeness (QED) is 0.702. The highest BCUT2D eigenvalue weighted by Gasteiger charge is 2.29. The molecule has 10 heteroatoms. The van der Waals surface area contributed by atoms with Crippen LogP contribution in [0, 0.1) is 0 Å². The molecule has 1 aromatic heterocycles. The summed E-state index contributed by atoms with van der Waals surface area (Å²) in [5, 5.41) is 2.65. The number of alkyl halides is 3. The molecule has 1 aromatic carbocycles. The molecule has 0 unspecified atom stereocenters. The van der Waals surface area contributed by atoms with Gasteiger partial charge >= 0.3 is 6.18 Å². The molecule has 0 saturated carbocycles. The van der Waals surface area contributed by atoms with E-state index in [0.29, 0.717) is 30.3 Å². The van der Waals surface area contributed by atoms with Gasteiger partial charge in [0.05, 0.1) is 5.75 Å². The third-order valence-electron chi connectivity index (χ3n) is 3.58. The van der Waals surface area contributed by atoms with Crippen molar-refractivity contribution < 1.29 is 32.2 Å². The minimum Gasteiger partial charge on any atom is -0.486 e. The summed E-state index contributed by atoms with van der Waals surface area (Å²) in [5.41, 5.74) is 0.365. The summed E-state index contributed by atoms with van der Waals surface area (Å²) in [6.07, 6.45) is -3.13. The van der Waals surface area contributed by atoms with Crippen LogP contribution >= 0.6 is 11.8 Å². The fourth-order valence-corrected chi connectivity index (χ4v) is 3.10. The van der Waals surface area contributed by atoms with Crippen molar-refractivity contribution in [1.29, 1.82) is 0 Å². The Kier molecular flexibility index (Phi) is 6.50. The predicted octanol–water partition coefficient (Wildman–Crippen LogP) is 3.20. The number of ether oxygens (including phenoxy) is 3. The number of hydrogen-bond donors (Lipinski definition) is 1. The van der Waals surface area contributed by atoms with E-state index in [4.69, 9.17) is 14.2 Å². The Morgan fingerprint density at radius 3 is 2.79 bits per heavy atom. The Hall–Kier alpha value is -2.62. The third-order valence-corrected chi connectivity index (χ3v) is 4.58. The molecular weight excluding hydrogens is 397 g/mol. The normalized spacial score (nSPS) is 13.1. The molecule has 0 spiro atoms. The van der Waals surface area contributed by atoms with Crippen LogP contribution in [0.1, 0.15) is 5.56 Å². The number of nitrogens with zero attached hydrogens (tertiary/aromatic N) is 1. The average molecular weight is 414 g/mol. The highest BCUT2D eigenvalue weighted by Crippen LogP contribution is 2.34. The third kappa shape index (κ3) is 5.95. The van der Waals surface area contributed by atoms with Crippen LogP contribution in [0.5, 0.6) is 17.4 Å². The van der Waals surface area contributed by atoms with E-state index in [1.807, 2.05) is 6.07 Å². The zero-order chi connectivity index (χ0) is 20.0. The number of thioether (sulfide) groups is 1. The number of carbonyl (C=O) groups excluding carboxylic acids is 1. The number of halogens is 3. The molecule has 28 heavy (non-hydrogen) atoms. The van der Waals surface area contributed by atoms with E-state index in [1.54, 1.807) is 24.3 Å². The first kappa shape index (κ1) is 20.1. The minimum atomic E-state index is -4.46. The Labute approximate surface area is 163 Å². The van der Waals surface area contributed by atoms with E-state index in [0.717, 1.165) is 4.90 Å². The second kappa shape index (κ2) is 9.05. The van der Waals surface area contributed by atoms with Crippen molar-refractivity contribution in [2.24, 2.45) is 0 Å². The Morgan fingerprint density at radius 2 is 2.00 bits per heavy atom. The van der Waals surface area contributed by atoms with Crippen LogP contribution in [0.2, 0.25) is 0 Å². The maximum absolute atomic E-state index is 12.3. The van der Waals surface area contributed by atoms with Gasteiger partial charge in [-0.25, -0.2) is 4.98 Å². The molecule has 0 bridgehead atoms. The van der Waals surface area contributed by atoms with E-state index in [1.165, 1.54) is 18.0 Å². The summed E-state index contributed by atoms with van der Waals surface area (Å²) in [6, 6.07) is 8.53. The Balaban J connectivity index is 1.49. The molecule has 0 saturated heterocycles. The van der Waals surface area contributed by atoms with Gasteiger partial charge in [0.1, 0.15) is 13.2 Å². The van der Waals surface area contributed by atoms with Crippen molar-refractivity contribution in [2.45, 2.75) is 17.6 Å². The lowest BCUT2D eigenvalue weighted by Gasteiger charge is -2.18. The molecule has 1 N–H and O–H groups in total. The van der Waals surface area contributed by atoms with Gasteiger partial charge in [-0.15, -0.1) is 11.8 Å². The lowest BCUT2D eigenvalue weighted by molar-refractivity contribution is -0.154. The van der Waals surface area contributed by atoms with Gasteiger partial charge in [0, 0.05) is 23.2 Å². The van der Waals surface area contributed by atoms with Gasteiger partial charge in [-0.3, -0.25) is 4.79 Å². The molecule has 0 aliphatic carbocycles. The molecule has 1 aliphatic heterocycles.